The van der Waals surface area contributed by atoms with Gasteiger partial charge in [-0.2, -0.15) is 0 Å². The van der Waals surface area contributed by atoms with E-state index in [1.54, 1.807) is 7.11 Å². The third-order valence-corrected chi connectivity index (χ3v) is 3.95. The average molecular weight is 313 g/mol. The molecule has 0 bridgehead atoms. The summed E-state index contributed by atoms with van der Waals surface area (Å²) < 4.78 is 10.2. The van der Waals surface area contributed by atoms with Crippen LogP contribution in [-0.2, 0) is 20.3 Å². The molecule has 0 aliphatic carbocycles. The van der Waals surface area contributed by atoms with Gasteiger partial charge >= 0.3 is 0 Å². The molecule has 1 heterocycles. The number of quaternary nitrogens is 1. The van der Waals surface area contributed by atoms with Crippen LogP contribution in [0.4, 0.5) is 0 Å². The lowest BCUT2D eigenvalue weighted by molar-refractivity contribution is -0.917. The van der Waals surface area contributed by atoms with Crippen molar-refractivity contribution >= 4 is 23.8 Å². The summed E-state index contributed by atoms with van der Waals surface area (Å²) in [4.78, 5) is 1.30. The van der Waals surface area contributed by atoms with E-state index in [0.717, 1.165) is 34.3 Å². The minimum atomic E-state index is 0.727. The van der Waals surface area contributed by atoms with Gasteiger partial charge in [0.2, 0.25) is 0 Å². The second-order valence-corrected chi connectivity index (χ2v) is 5.71. The number of rotatable bonds is 5. The number of imidazole rings is 1. The van der Waals surface area contributed by atoms with Crippen LogP contribution in [0.15, 0.2) is 30.6 Å². The fourth-order valence-corrected chi connectivity index (χ4v) is 2.57. The molecular weight excluding hydrogens is 294 g/mol. The Balaban J connectivity index is 2.12. The molecule has 0 aliphatic rings. The number of halogens is 1. The van der Waals surface area contributed by atoms with Gasteiger partial charge in [0.05, 0.1) is 14.2 Å². The molecule has 0 fully saturated rings. The summed E-state index contributed by atoms with van der Waals surface area (Å²) in [6.07, 6.45) is 3.97. The zero-order valence-electron chi connectivity index (χ0n) is 11.9. The first-order valence-electron chi connectivity index (χ1n) is 6.36. The molecular formula is C14H19ClN3OS+. The maximum absolute atomic E-state index is 6.06. The van der Waals surface area contributed by atoms with Crippen LogP contribution in [-0.4, -0.2) is 23.3 Å². The maximum Gasteiger partial charge on any atom is 0.183 e. The van der Waals surface area contributed by atoms with Gasteiger partial charge in [0.1, 0.15) is 12.3 Å². The van der Waals surface area contributed by atoms with Crippen molar-refractivity contribution in [3.05, 3.63) is 45.9 Å². The number of hydrogen-bond donors (Lipinski definition) is 1. The molecule has 2 rings (SSSR count). The summed E-state index contributed by atoms with van der Waals surface area (Å²) in [7, 11) is 5.75. The molecule has 0 amide bonds. The number of aryl methyl sites for hydroxylation is 1. The standard InChI is InChI=1S/C14H18ClN3OS/c1-16(10-18-7-6-17(2)14(18)20)9-11-8-12(15)4-5-13(11)19-3/h4-8H,9-10H2,1-3H3/p+1. The lowest BCUT2D eigenvalue weighted by Crippen LogP contribution is -3.06. The van der Waals surface area contributed by atoms with Gasteiger partial charge < -0.3 is 14.2 Å². The topological polar surface area (TPSA) is 23.5 Å². The van der Waals surface area contributed by atoms with Crippen molar-refractivity contribution in [1.82, 2.24) is 9.13 Å². The normalized spacial score (nSPS) is 12.4. The Bertz CT molecular complexity index is 650. The van der Waals surface area contributed by atoms with Gasteiger partial charge in [-0.25, -0.2) is 0 Å². The lowest BCUT2D eigenvalue weighted by atomic mass is 10.2. The molecule has 0 radical (unpaired) electrons. The molecule has 6 heteroatoms. The Hall–Kier alpha value is -1.30. The van der Waals surface area contributed by atoms with E-state index in [-0.39, 0.29) is 0 Å². The van der Waals surface area contributed by atoms with E-state index in [2.05, 4.69) is 11.6 Å². The molecule has 0 saturated heterocycles. The van der Waals surface area contributed by atoms with Crippen LogP contribution in [0.5, 0.6) is 5.75 Å². The minimum absolute atomic E-state index is 0.727. The molecule has 0 aliphatic heterocycles. The Morgan fingerprint density at radius 2 is 2.10 bits per heavy atom. The fraction of sp³-hybridized carbons (Fsp3) is 0.357. The van der Waals surface area contributed by atoms with E-state index < -0.39 is 0 Å². The number of methoxy groups -OCH3 is 1. The SMILES string of the molecule is COc1ccc(Cl)cc1C[NH+](C)Cn1ccn(C)c1=S. The summed E-state index contributed by atoms with van der Waals surface area (Å²) in [6, 6.07) is 5.69. The first kappa shape index (κ1) is 15.1. The van der Waals surface area contributed by atoms with Gasteiger partial charge in [-0.3, -0.25) is 4.57 Å². The predicted octanol–water partition coefficient (Wildman–Crippen LogP) is 1.89. The third kappa shape index (κ3) is 3.42. The highest BCUT2D eigenvalue weighted by atomic mass is 35.5. The van der Waals surface area contributed by atoms with Crippen molar-refractivity contribution in [2.45, 2.75) is 13.2 Å². The molecule has 108 valence electrons. The lowest BCUT2D eigenvalue weighted by Gasteiger charge is -2.16. The molecule has 1 unspecified atom stereocenters. The second-order valence-electron chi connectivity index (χ2n) is 4.91. The van der Waals surface area contributed by atoms with E-state index in [9.17, 15) is 0 Å². The minimum Gasteiger partial charge on any atom is -0.496 e. The summed E-state index contributed by atoms with van der Waals surface area (Å²) in [5.41, 5.74) is 1.10. The quantitative estimate of drug-likeness (QED) is 0.852. The molecule has 1 N–H and O–H groups in total. The highest BCUT2D eigenvalue weighted by molar-refractivity contribution is 7.71. The number of hydrogen-bond acceptors (Lipinski definition) is 2. The van der Waals surface area contributed by atoms with Crippen LogP contribution in [0, 0.1) is 4.77 Å². The molecule has 2 aromatic rings. The van der Waals surface area contributed by atoms with Crippen molar-refractivity contribution in [2.24, 2.45) is 7.05 Å². The highest BCUT2D eigenvalue weighted by Crippen LogP contribution is 2.21. The van der Waals surface area contributed by atoms with Crippen LogP contribution in [0.2, 0.25) is 5.02 Å². The Kier molecular flexibility index (Phi) is 4.86. The van der Waals surface area contributed by atoms with E-state index in [0.29, 0.717) is 0 Å². The summed E-state index contributed by atoms with van der Waals surface area (Å²) in [6.45, 7) is 1.62. The van der Waals surface area contributed by atoms with Gasteiger partial charge in [0, 0.05) is 30.0 Å². The van der Waals surface area contributed by atoms with Crippen molar-refractivity contribution in [3.8, 4) is 5.75 Å². The number of ether oxygens (including phenoxy) is 1. The summed E-state index contributed by atoms with van der Waals surface area (Å²) in [5.74, 6) is 0.866. The zero-order valence-corrected chi connectivity index (χ0v) is 13.5. The summed E-state index contributed by atoms with van der Waals surface area (Å²) in [5, 5.41) is 0.727. The van der Waals surface area contributed by atoms with Crippen molar-refractivity contribution < 1.29 is 9.64 Å². The molecule has 20 heavy (non-hydrogen) atoms. The number of aromatic nitrogens is 2. The zero-order chi connectivity index (χ0) is 14.7. The monoisotopic (exact) mass is 312 g/mol. The number of benzene rings is 1. The predicted molar refractivity (Wildman–Crippen MR) is 82.8 cm³/mol. The van der Waals surface area contributed by atoms with Gasteiger partial charge in [-0.15, -0.1) is 0 Å². The van der Waals surface area contributed by atoms with Gasteiger partial charge in [0.15, 0.2) is 11.4 Å². The molecule has 1 aromatic heterocycles. The van der Waals surface area contributed by atoms with Gasteiger partial charge in [-0.05, 0) is 30.4 Å². The van der Waals surface area contributed by atoms with Gasteiger partial charge in [0.25, 0.3) is 0 Å². The average Bonchev–Trinajstić information content (AvgIpc) is 2.71. The Labute approximate surface area is 129 Å². The first-order chi connectivity index (χ1) is 9.51. The summed E-state index contributed by atoms with van der Waals surface area (Å²) >= 11 is 11.4. The first-order valence-corrected chi connectivity index (χ1v) is 7.15. The molecule has 0 spiro atoms. The van der Waals surface area contributed by atoms with Crippen LogP contribution in [0.25, 0.3) is 0 Å². The smallest absolute Gasteiger partial charge is 0.183 e. The van der Waals surface area contributed by atoms with Crippen LogP contribution in [0.3, 0.4) is 0 Å². The molecule has 0 saturated carbocycles. The van der Waals surface area contributed by atoms with Gasteiger partial charge in [-0.1, -0.05) is 11.6 Å². The van der Waals surface area contributed by atoms with E-state index in [1.165, 1.54) is 4.90 Å². The fourth-order valence-electron chi connectivity index (χ4n) is 2.19. The van der Waals surface area contributed by atoms with E-state index in [4.69, 9.17) is 28.6 Å². The molecule has 1 aromatic carbocycles. The maximum atomic E-state index is 6.06. The second kappa shape index (κ2) is 6.43. The van der Waals surface area contributed by atoms with E-state index >= 15 is 0 Å². The number of nitrogens with zero attached hydrogens (tertiary/aromatic N) is 2. The highest BCUT2D eigenvalue weighted by Gasteiger charge is 2.11. The third-order valence-electron chi connectivity index (χ3n) is 3.19. The van der Waals surface area contributed by atoms with Crippen molar-refractivity contribution in [1.29, 1.82) is 0 Å². The molecule has 4 nitrogen and oxygen atoms in total. The van der Waals surface area contributed by atoms with Crippen LogP contribution >= 0.6 is 23.8 Å². The van der Waals surface area contributed by atoms with E-state index in [1.807, 2.05) is 42.2 Å². The molecule has 1 atom stereocenters. The van der Waals surface area contributed by atoms with Crippen LogP contribution in [0.1, 0.15) is 5.56 Å². The Morgan fingerprint density at radius 1 is 1.35 bits per heavy atom. The Morgan fingerprint density at radius 3 is 2.70 bits per heavy atom. The largest absolute Gasteiger partial charge is 0.496 e. The van der Waals surface area contributed by atoms with Crippen molar-refractivity contribution in [3.63, 3.8) is 0 Å². The van der Waals surface area contributed by atoms with Crippen LogP contribution < -0.4 is 9.64 Å². The van der Waals surface area contributed by atoms with Crippen molar-refractivity contribution in [2.75, 3.05) is 14.2 Å². The number of nitrogens with one attached hydrogen (secondary N) is 1.